The monoisotopic (exact) mass is 249 g/mol. The first kappa shape index (κ1) is 12.0. The number of ether oxygens (including phenoxy) is 1. The quantitative estimate of drug-likeness (QED) is 0.883. The highest BCUT2D eigenvalue weighted by Crippen LogP contribution is 2.29. The lowest BCUT2D eigenvalue weighted by atomic mass is 10.0. The van der Waals surface area contributed by atoms with Crippen molar-refractivity contribution in [2.45, 2.75) is 13.0 Å². The number of hydrogen-bond acceptors (Lipinski definition) is 5. The molecule has 2 rings (SSSR count). The molecular weight excluding hydrogens is 234 g/mol. The summed E-state index contributed by atoms with van der Waals surface area (Å²) in [6.07, 6.45) is 0. The first-order valence-corrected chi connectivity index (χ1v) is 6.36. The minimum atomic E-state index is 0.0245. The minimum Gasteiger partial charge on any atom is -0.494 e. The van der Waals surface area contributed by atoms with Crippen molar-refractivity contribution in [3.05, 3.63) is 40.9 Å². The normalized spacial score (nSPS) is 12.4. The second kappa shape index (κ2) is 5.75. The molecule has 0 aliphatic rings. The molecule has 1 N–H and O–H groups in total. The highest BCUT2D eigenvalue weighted by atomic mass is 32.1. The van der Waals surface area contributed by atoms with E-state index in [0.29, 0.717) is 6.61 Å². The predicted molar refractivity (Wildman–Crippen MR) is 68.4 cm³/mol. The molecule has 1 atom stereocenters. The van der Waals surface area contributed by atoms with Crippen LogP contribution in [0.4, 0.5) is 0 Å². The number of nitrogens with one attached hydrogen (secondary N) is 1. The molecular formula is C12H15N3OS. The van der Waals surface area contributed by atoms with E-state index in [0.717, 1.165) is 17.0 Å². The number of aromatic nitrogens is 2. The molecule has 0 saturated heterocycles. The summed E-state index contributed by atoms with van der Waals surface area (Å²) in [6, 6.07) is 8.02. The van der Waals surface area contributed by atoms with Crippen LogP contribution in [-0.4, -0.2) is 23.2 Å². The van der Waals surface area contributed by atoms with E-state index < -0.39 is 0 Å². The van der Waals surface area contributed by atoms with Crippen molar-refractivity contribution in [1.29, 1.82) is 0 Å². The van der Waals surface area contributed by atoms with E-state index in [1.165, 1.54) is 11.5 Å². The van der Waals surface area contributed by atoms with E-state index in [-0.39, 0.29) is 6.04 Å². The van der Waals surface area contributed by atoms with E-state index in [1.54, 1.807) is 0 Å². The molecule has 0 bridgehead atoms. The Morgan fingerprint density at radius 3 is 2.88 bits per heavy atom. The molecule has 4 nitrogen and oxygen atoms in total. The molecule has 1 aromatic heterocycles. The van der Waals surface area contributed by atoms with Gasteiger partial charge in [0.2, 0.25) is 0 Å². The first-order chi connectivity index (χ1) is 8.36. The molecule has 0 aliphatic heterocycles. The topological polar surface area (TPSA) is 47.0 Å². The van der Waals surface area contributed by atoms with Gasteiger partial charge in [-0.15, -0.1) is 5.10 Å². The Morgan fingerprint density at radius 2 is 2.24 bits per heavy atom. The lowest BCUT2D eigenvalue weighted by molar-refractivity contribution is 0.334. The van der Waals surface area contributed by atoms with Crippen LogP contribution in [0.5, 0.6) is 5.75 Å². The third-order valence-corrected chi connectivity index (χ3v) is 3.01. The molecule has 1 heterocycles. The molecule has 0 aliphatic carbocycles. The Morgan fingerprint density at radius 1 is 1.41 bits per heavy atom. The van der Waals surface area contributed by atoms with E-state index in [4.69, 9.17) is 4.74 Å². The molecule has 5 heteroatoms. The number of para-hydroxylation sites is 1. The van der Waals surface area contributed by atoms with E-state index in [9.17, 15) is 0 Å². The van der Waals surface area contributed by atoms with E-state index >= 15 is 0 Å². The van der Waals surface area contributed by atoms with Crippen molar-refractivity contribution in [2.75, 3.05) is 13.7 Å². The number of hydrogen-bond donors (Lipinski definition) is 1. The highest BCUT2D eigenvalue weighted by molar-refractivity contribution is 7.03. The smallest absolute Gasteiger partial charge is 0.124 e. The van der Waals surface area contributed by atoms with Crippen LogP contribution < -0.4 is 10.1 Å². The van der Waals surface area contributed by atoms with Crippen LogP contribution in [0.1, 0.15) is 24.2 Å². The largest absolute Gasteiger partial charge is 0.494 e. The van der Waals surface area contributed by atoms with Crippen molar-refractivity contribution in [2.24, 2.45) is 0 Å². The van der Waals surface area contributed by atoms with Gasteiger partial charge >= 0.3 is 0 Å². The third kappa shape index (κ3) is 2.62. The van der Waals surface area contributed by atoms with Crippen LogP contribution in [0, 0.1) is 0 Å². The SMILES string of the molecule is CCOc1ccccc1C(NC)c1csnn1. The van der Waals surface area contributed by atoms with E-state index in [2.05, 4.69) is 14.9 Å². The van der Waals surface area contributed by atoms with Gasteiger partial charge in [0, 0.05) is 10.9 Å². The Kier molecular flexibility index (Phi) is 4.06. The van der Waals surface area contributed by atoms with Gasteiger partial charge in [-0.1, -0.05) is 22.7 Å². The molecule has 0 amide bonds. The minimum absolute atomic E-state index is 0.0245. The molecule has 0 radical (unpaired) electrons. The van der Waals surface area contributed by atoms with Crippen LogP contribution in [0.15, 0.2) is 29.6 Å². The summed E-state index contributed by atoms with van der Waals surface area (Å²) in [5.74, 6) is 0.891. The van der Waals surface area contributed by atoms with Gasteiger partial charge in [-0.3, -0.25) is 0 Å². The molecule has 0 spiro atoms. The van der Waals surface area contributed by atoms with Crippen molar-refractivity contribution < 1.29 is 4.74 Å². The van der Waals surface area contributed by atoms with Crippen LogP contribution >= 0.6 is 11.5 Å². The van der Waals surface area contributed by atoms with Crippen LogP contribution in [0.2, 0.25) is 0 Å². The summed E-state index contributed by atoms with van der Waals surface area (Å²) in [5.41, 5.74) is 2.01. The molecule has 1 aromatic carbocycles. The Balaban J connectivity index is 2.37. The lowest BCUT2D eigenvalue weighted by Gasteiger charge is -2.17. The molecule has 1 unspecified atom stereocenters. The molecule has 90 valence electrons. The van der Waals surface area contributed by atoms with Crippen molar-refractivity contribution in [3.8, 4) is 5.75 Å². The summed E-state index contributed by atoms with van der Waals surface area (Å²) in [6.45, 7) is 2.64. The molecule has 0 fully saturated rings. The van der Waals surface area contributed by atoms with Crippen LogP contribution in [-0.2, 0) is 0 Å². The number of benzene rings is 1. The average molecular weight is 249 g/mol. The number of rotatable bonds is 5. The van der Waals surface area contributed by atoms with Gasteiger partial charge in [-0.2, -0.15) is 0 Å². The van der Waals surface area contributed by atoms with E-state index in [1.807, 2.05) is 43.6 Å². The van der Waals surface area contributed by atoms with Crippen molar-refractivity contribution in [3.63, 3.8) is 0 Å². The van der Waals surface area contributed by atoms with Crippen LogP contribution in [0.25, 0.3) is 0 Å². The second-order valence-electron chi connectivity index (χ2n) is 3.52. The highest BCUT2D eigenvalue weighted by Gasteiger charge is 2.18. The van der Waals surface area contributed by atoms with Crippen molar-refractivity contribution in [1.82, 2.24) is 14.9 Å². The maximum Gasteiger partial charge on any atom is 0.124 e. The molecule has 17 heavy (non-hydrogen) atoms. The Bertz CT molecular complexity index is 459. The standard InChI is InChI=1S/C12H15N3OS/c1-3-16-11-7-5-4-6-9(11)12(13-2)10-8-17-15-14-10/h4-8,12-13H,3H2,1-2H3. The van der Waals surface area contributed by atoms with Gasteiger partial charge < -0.3 is 10.1 Å². The van der Waals surface area contributed by atoms with Gasteiger partial charge in [0.15, 0.2) is 0 Å². The number of nitrogens with zero attached hydrogens (tertiary/aromatic N) is 2. The molecule has 2 aromatic rings. The summed E-state index contributed by atoms with van der Waals surface area (Å²) in [4.78, 5) is 0. The summed E-state index contributed by atoms with van der Waals surface area (Å²) in [5, 5.41) is 9.31. The summed E-state index contributed by atoms with van der Waals surface area (Å²) >= 11 is 1.36. The van der Waals surface area contributed by atoms with Crippen molar-refractivity contribution >= 4 is 11.5 Å². The zero-order valence-corrected chi connectivity index (χ0v) is 10.7. The second-order valence-corrected chi connectivity index (χ2v) is 4.13. The van der Waals surface area contributed by atoms with Crippen LogP contribution in [0.3, 0.4) is 0 Å². The maximum absolute atomic E-state index is 5.63. The third-order valence-electron chi connectivity index (χ3n) is 2.49. The summed E-state index contributed by atoms with van der Waals surface area (Å²) in [7, 11) is 1.91. The average Bonchev–Trinajstić information content (AvgIpc) is 2.86. The zero-order chi connectivity index (χ0) is 12.1. The fourth-order valence-corrected chi connectivity index (χ4v) is 2.25. The fourth-order valence-electron chi connectivity index (χ4n) is 1.77. The maximum atomic E-state index is 5.63. The first-order valence-electron chi connectivity index (χ1n) is 5.52. The summed E-state index contributed by atoms with van der Waals surface area (Å²) < 4.78 is 9.54. The van der Waals surface area contributed by atoms with Gasteiger partial charge in [-0.25, -0.2) is 0 Å². The van der Waals surface area contributed by atoms with Gasteiger partial charge in [0.1, 0.15) is 5.75 Å². The fraction of sp³-hybridized carbons (Fsp3) is 0.333. The zero-order valence-electron chi connectivity index (χ0n) is 9.88. The molecule has 0 saturated carbocycles. The van der Waals surface area contributed by atoms with Gasteiger partial charge in [-0.05, 0) is 31.6 Å². The Labute approximate surface area is 105 Å². The lowest BCUT2D eigenvalue weighted by Crippen LogP contribution is -2.19. The Hall–Kier alpha value is -1.46. The predicted octanol–water partition coefficient (Wildman–Crippen LogP) is 2.25. The van der Waals surface area contributed by atoms with Gasteiger partial charge in [0.05, 0.1) is 18.3 Å². The van der Waals surface area contributed by atoms with Gasteiger partial charge in [0.25, 0.3) is 0 Å².